The zero-order valence-electron chi connectivity index (χ0n) is 11.4. The van der Waals surface area contributed by atoms with Crippen molar-refractivity contribution in [1.82, 2.24) is 20.3 Å². The summed E-state index contributed by atoms with van der Waals surface area (Å²) in [4.78, 5) is 0. The van der Waals surface area contributed by atoms with Gasteiger partial charge in [-0.1, -0.05) is 12.1 Å². The van der Waals surface area contributed by atoms with Crippen LogP contribution in [0.4, 0.5) is 0 Å². The first-order chi connectivity index (χ1) is 8.78. The van der Waals surface area contributed by atoms with Gasteiger partial charge in [-0.05, 0) is 31.7 Å². The zero-order valence-corrected chi connectivity index (χ0v) is 11.4. The van der Waals surface area contributed by atoms with Crippen LogP contribution in [0.25, 0.3) is 0 Å². The maximum absolute atomic E-state index is 5.46. The first kappa shape index (κ1) is 13.5. The number of aryl methyl sites for hydroxylation is 1. The van der Waals surface area contributed by atoms with Crippen molar-refractivity contribution in [3.8, 4) is 0 Å². The van der Waals surface area contributed by atoms with Crippen LogP contribution >= 0.6 is 0 Å². The lowest BCUT2D eigenvalue weighted by Crippen LogP contribution is -2.34. The van der Waals surface area contributed by atoms with Gasteiger partial charge >= 0.3 is 0 Å². The minimum absolute atomic E-state index is 0.494. The van der Waals surface area contributed by atoms with Crippen molar-refractivity contribution in [2.45, 2.75) is 38.6 Å². The van der Waals surface area contributed by atoms with Crippen LogP contribution in [0.3, 0.4) is 0 Å². The molecule has 1 aromatic rings. The van der Waals surface area contributed by atoms with Gasteiger partial charge in [0.1, 0.15) is 0 Å². The molecular weight excluding hydrogens is 228 g/mol. The van der Waals surface area contributed by atoms with E-state index in [9.17, 15) is 0 Å². The van der Waals surface area contributed by atoms with Gasteiger partial charge in [0.25, 0.3) is 0 Å². The number of nitrogens with zero attached hydrogens (tertiary/aromatic N) is 3. The molecule has 1 fully saturated rings. The average Bonchev–Trinajstić information content (AvgIpc) is 2.98. The van der Waals surface area contributed by atoms with Crippen LogP contribution in [0.15, 0.2) is 6.20 Å². The number of hydrogen-bond donors (Lipinski definition) is 1. The van der Waals surface area contributed by atoms with Gasteiger partial charge in [0.15, 0.2) is 0 Å². The van der Waals surface area contributed by atoms with E-state index in [1.807, 2.05) is 13.2 Å². The van der Waals surface area contributed by atoms with Crippen LogP contribution < -0.4 is 5.32 Å². The second-order valence-corrected chi connectivity index (χ2v) is 5.20. The minimum atomic E-state index is 0.494. The van der Waals surface area contributed by atoms with E-state index in [4.69, 9.17) is 4.74 Å². The third kappa shape index (κ3) is 4.07. The Balaban J connectivity index is 1.86. The molecule has 1 saturated heterocycles. The van der Waals surface area contributed by atoms with E-state index in [-0.39, 0.29) is 0 Å². The Labute approximate surface area is 109 Å². The number of aromatic nitrogens is 3. The molecule has 2 unspecified atom stereocenters. The topological polar surface area (TPSA) is 52.0 Å². The van der Waals surface area contributed by atoms with Crippen LogP contribution in [-0.4, -0.2) is 40.8 Å². The summed E-state index contributed by atoms with van der Waals surface area (Å²) < 4.78 is 7.23. The number of nitrogens with one attached hydrogen (secondary N) is 1. The summed E-state index contributed by atoms with van der Waals surface area (Å²) in [6.45, 7) is 5.12. The van der Waals surface area contributed by atoms with Crippen molar-refractivity contribution in [1.29, 1.82) is 0 Å². The molecule has 0 bridgehead atoms. The fourth-order valence-electron chi connectivity index (χ4n) is 2.50. The summed E-state index contributed by atoms with van der Waals surface area (Å²) in [6.07, 6.45) is 6.51. The highest BCUT2D eigenvalue weighted by Crippen LogP contribution is 2.19. The Hall–Kier alpha value is -0.940. The van der Waals surface area contributed by atoms with Gasteiger partial charge in [0.2, 0.25) is 0 Å². The normalized spacial score (nSPS) is 21.3. The molecular formula is C13H24N4O. The fourth-order valence-corrected chi connectivity index (χ4v) is 2.50. The lowest BCUT2D eigenvalue weighted by molar-refractivity contribution is 0.181. The number of ether oxygens (including phenoxy) is 1. The molecule has 2 rings (SSSR count). The third-order valence-electron chi connectivity index (χ3n) is 3.43. The molecule has 0 aliphatic carbocycles. The SMILES string of the molecule is CCCNC(Cc1cn(C)nn1)CC1CCOC1. The molecule has 0 amide bonds. The first-order valence-corrected chi connectivity index (χ1v) is 6.94. The standard InChI is InChI=1S/C13H24N4O/c1-3-5-14-12(7-11-4-6-18-10-11)8-13-9-17(2)16-15-13/h9,11-12,14H,3-8,10H2,1-2H3. The van der Waals surface area contributed by atoms with Gasteiger partial charge in [-0.3, -0.25) is 4.68 Å². The van der Waals surface area contributed by atoms with E-state index >= 15 is 0 Å². The molecule has 1 aromatic heterocycles. The Bertz CT molecular complexity index is 347. The summed E-state index contributed by atoms with van der Waals surface area (Å²) in [6, 6.07) is 0.494. The Kier molecular flexibility index (Phi) is 5.13. The molecule has 1 aliphatic rings. The monoisotopic (exact) mass is 252 g/mol. The van der Waals surface area contributed by atoms with E-state index < -0.39 is 0 Å². The maximum Gasteiger partial charge on any atom is 0.0842 e. The smallest absolute Gasteiger partial charge is 0.0842 e. The van der Waals surface area contributed by atoms with Gasteiger partial charge in [-0.25, -0.2) is 0 Å². The molecule has 5 nitrogen and oxygen atoms in total. The molecule has 0 aromatic carbocycles. The molecule has 102 valence electrons. The Morgan fingerprint density at radius 3 is 3.11 bits per heavy atom. The molecule has 0 spiro atoms. The molecule has 2 heterocycles. The molecule has 18 heavy (non-hydrogen) atoms. The third-order valence-corrected chi connectivity index (χ3v) is 3.43. The summed E-state index contributed by atoms with van der Waals surface area (Å²) in [7, 11) is 1.91. The predicted molar refractivity (Wildman–Crippen MR) is 70.3 cm³/mol. The van der Waals surface area contributed by atoms with Gasteiger partial charge in [0, 0.05) is 38.9 Å². The maximum atomic E-state index is 5.46. The second kappa shape index (κ2) is 6.85. The van der Waals surface area contributed by atoms with Gasteiger partial charge in [-0.2, -0.15) is 0 Å². The van der Waals surface area contributed by atoms with Crippen LogP contribution in [0.2, 0.25) is 0 Å². The summed E-state index contributed by atoms with van der Waals surface area (Å²) >= 11 is 0. The highest BCUT2D eigenvalue weighted by atomic mass is 16.5. The lowest BCUT2D eigenvalue weighted by Gasteiger charge is -2.20. The minimum Gasteiger partial charge on any atom is -0.381 e. The van der Waals surface area contributed by atoms with Crippen molar-refractivity contribution in [3.05, 3.63) is 11.9 Å². The zero-order chi connectivity index (χ0) is 12.8. The van der Waals surface area contributed by atoms with Gasteiger partial charge < -0.3 is 10.1 Å². The average molecular weight is 252 g/mol. The van der Waals surface area contributed by atoms with E-state index in [2.05, 4.69) is 22.6 Å². The van der Waals surface area contributed by atoms with Crippen LogP contribution in [0.1, 0.15) is 31.9 Å². The molecule has 2 atom stereocenters. The van der Waals surface area contributed by atoms with Crippen molar-refractivity contribution in [2.75, 3.05) is 19.8 Å². The van der Waals surface area contributed by atoms with Crippen molar-refractivity contribution in [2.24, 2.45) is 13.0 Å². The fraction of sp³-hybridized carbons (Fsp3) is 0.846. The second-order valence-electron chi connectivity index (χ2n) is 5.20. The van der Waals surface area contributed by atoms with E-state index in [1.165, 1.54) is 12.8 Å². The van der Waals surface area contributed by atoms with Crippen LogP contribution in [0, 0.1) is 5.92 Å². The van der Waals surface area contributed by atoms with Gasteiger partial charge in [-0.15, -0.1) is 5.10 Å². The van der Waals surface area contributed by atoms with Crippen LogP contribution in [0.5, 0.6) is 0 Å². The molecule has 5 heteroatoms. The predicted octanol–water partition coefficient (Wildman–Crippen LogP) is 1.15. The summed E-state index contributed by atoms with van der Waals surface area (Å²) in [5.74, 6) is 0.705. The number of hydrogen-bond acceptors (Lipinski definition) is 4. The largest absolute Gasteiger partial charge is 0.381 e. The first-order valence-electron chi connectivity index (χ1n) is 6.94. The Morgan fingerprint density at radius 2 is 2.50 bits per heavy atom. The molecule has 0 radical (unpaired) electrons. The van der Waals surface area contributed by atoms with E-state index in [0.717, 1.165) is 38.3 Å². The van der Waals surface area contributed by atoms with Crippen molar-refractivity contribution < 1.29 is 4.74 Å². The van der Waals surface area contributed by atoms with E-state index in [1.54, 1.807) is 4.68 Å². The van der Waals surface area contributed by atoms with Gasteiger partial charge in [0.05, 0.1) is 5.69 Å². The summed E-state index contributed by atoms with van der Waals surface area (Å²) in [5, 5.41) is 11.8. The van der Waals surface area contributed by atoms with Crippen molar-refractivity contribution in [3.63, 3.8) is 0 Å². The Morgan fingerprint density at radius 1 is 1.61 bits per heavy atom. The molecule has 1 aliphatic heterocycles. The van der Waals surface area contributed by atoms with Crippen LogP contribution in [-0.2, 0) is 18.2 Å². The van der Waals surface area contributed by atoms with Crippen molar-refractivity contribution >= 4 is 0 Å². The molecule has 0 saturated carbocycles. The number of rotatable bonds is 7. The lowest BCUT2D eigenvalue weighted by atomic mass is 9.96. The molecule has 1 N–H and O–H groups in total. The quantitative estimate of drug-likeness (QED) is 0.791. The highest BCUT2D eigenvalue weighted by molar-refractivity contribution is 4.96. The van der Waals surface area contributed by atoms with E-state index in [0.29, 0.717) is 12.0 Å². The highest BCUT2D eigenvalue weighted by Gasteiger charge is 2.21. The summed E-state index contributed by atoms with van der Waals surface area (Å²) in [5.41, 5.74) is 1.07.